The number of ether oxygens (including phenoxy) is 1. The van der Waals surface area contributed by atoms with Gasteiger partial charge in [0.15, 0.2) is 0 Å². The van der Waals surface area contributed by atoms with Gasteiger partial charge in [-0.3, -0.25) is 0 Å². The molecule has 0 saturated heterocycles. The molecule has 118 heavy (non-hydrogen) atoms. The zero-order chi connectivity index (χ0) is 81.2. The van der Waals surface area contributed by atoms with Crippen molar-refractivity contribution in [3.05, 3.63) is 347 Å². The third-order valence-electron chi connectivity index (χ3n) is 20.4. The van der Waals surface area contributed by atoms with E-state index in [1.807, 2.05) is 255 Å². The van der Waals surface area contributed by atoms with Gasteiger partial charge >= 0.3 is 0 Å². The number of aryl methyl sites for hydroxylation is 2. The number of imidazole rings is 4. The molecule has 14 nitrogen and oxygen atoms in total. The van der Waals surface area contributed by atoms with Crippen LogP contribution in [0.3, 0.4) is 0 Å². The van der Waals surface area contributed by atoms with Crippen LogP contribution in [0.2, 0.25) is 30.1 Å². The van der Waals surface area contributed by atoms with Crippen molar-refractivity contribution in [1.82, 2.24) is 59.8 Å². The molecule has 20 aromatic rings. The van der Waals surface area contributed by atoms with E-state index in [0.717, 1.165) is 211 Å². The Morgan fingerprint density at radius 2 is 0.703 bits per heavy atom. The average molecular weight is 1790 g/mol. The molecule has 0 aliphatic carbocycles. The Kier molecular flexibility index (Phi) is 22.9. The molecule has 0 bridgehead atoms. The molecule has 0 radical (unpaired) electrons. The minimum atomic E-state index is -0.0596. The maximum absolute atomic E-state index is 9.94. The number of benzene rings is 12. The number of nitrogens with one attached hydrogen (secondary N) is 8. The lowest BCUT2D eigenvalue weighted by Gasteiger charge is -2.10. The molecule has 0 fully saturated rings. The standard InChI is InChI=1S/C25H20BrN3O2.2C24H17Cl2N3.C23H14BrCl2N3/c1-31-22-9-5-4-8-18(22)24-23(17-7-3-2-6-15(17)14-30)28-25(29-24)20-13-27-21-11-10-16(26)12-19(20)21;1-14-21(19-10-2-3-11-20(19)27-14)24-28-22(15-6-4-8-17(25)12-15)23(29-24)16-7-5-9-18(26)13-16;1-14-21(19-4-2-3-5-20(19)27-14)24-28-22(15-6-10-17(25)11-7-15)23(29-24)16-8-12-18(26)13-9-16;24-15-5-10-20-18(11-15)19(12-27-20)23-28-21(13-1-6-16(25)7-2-13)22(29-23)14-3-8-17(26)9-4-14/h2-13,27,30H,14H2,1H3,(H,28,29);2*2-13,27H,1H3,(H,28,29);1-12,27H,(H,28,29). The van der Waals surface area contributed by atoms with Crippen LogP contribution in [0.5, 0.6) is 5.75 Å². The number of nitrogens with zero attached hydrogens (tertiary/aromatic N) is 4. The fraction of sp³-hybridized carbons (Fsp3) is 0.0417. The Balaban J connectivity index is 0.000000113. The zero-order valence-electron chi connectivity index (χ0n) is 63.1. The number of H-pyrrole nitrogens is 8. The van der Waals surface area contributed by atoms with Crippen LogP contribution in [0.4, 0.5) is 0 Å². The Morgan fingerprint density at radius 3 is 1.19 bits per heavy atom. The van der Waals surface area contributed by atoms with E-state index >= 15 is 0 Å². The van der Waals surface area contributed by atoms with Gasteiger partial charge in [-0.2, -0.15) is 0 Å². The average Bonchev–Trinajstić information content (AvgIpc) is 1.65. The van der Waals surface area contributed by atoms with Gasteiger partial charge in [-0.25, -0.2) is 19.9 Å². The van der Waals surface area contributed by atoms with Crippen LogP contribution < -0.4 is 4.74 Å². The van der Waals surface area contributed by atoms with E-state index in [2.05, 4.69) is 122 Å². The van der Waals surface area contributed by atoms with Crippen LogP contribution in [-0.4, -0.2) is 72.0 Å². The molecule has 0 atom stereocenters. The van der Waals surface area contributed by atoms with Crippen LogP contribution in [0.15, 0.2) is 300 Å². The Hall–Kier alpha value is -11.9. The fourth-order valence-electron chi connectivity index (χ4n) is 14.8. The molecule has 8 aromatic heterocycles. The maximum atomic E-state index is 9.94. The van der Waals surface area contributed by atoms with E-state index in [9.17, 15) is 5.11 Å². The summed E-state index contributed by atoms with van der Waals surface area (Å²) in [5, 5.41) is 18.5. The van der Waals surface area contributed by atoms with Gasteiger partial charge in [0, 0.05) is 173 Å². The summed E-state index contributed by atoms with van der Waals surface area (Å²) in [6.07, 6.45) is 3.94. The van der Waals surface area contributed by atoms with Gasteiger partial charge in [-0.1, -0.05) is 247 Å². The monoisotopic (exact) mass is 1790 g/mol. The first-order chi connectivity index (χ1) is 57.5. The van der Waals surface area contributed by atoms with Gasteiger partial charge < -0.3 is 49.7 Å². The predicted molar refractivity (Wildman–Crippen MR) is 494 cm³/mol. The van der Waals surface area contributed by atoms with E-state index in [1.54, 1.807) is 7.11 Å². The first-order valence-corrected chi connectivity index (χ1v) is 41.3. The molecule has 0 aliphatic rings. The van der Waals surface area contributed by atoms with Gasteiger partial charge in [0.05, 0.1) is 53.6 Å². The van der Waals surface area contributed by atoms with Gasteiger partial charge in [0.2, 0.25) is 0 Å². The van der Waals surface area contributed by atoms with Crippen LogP contribution in [0, 0.1) is 13.8 Å². The molecule has 9 N–H and O–H groups in total. The predicted octanol–water partition coefficient (Wildman–Crippen LogP) is 29.1. The molecule has 0 amide bonds. The Morgan fingerprint density at radius 1 is 0.314 bits per heavy atom. The molecular weight excluding hydrogens is 1730 g/mol. The second kappa shape index (κ2) is 34.3. The number of aliphatic hydroxyl groups is 1. The lowest BCUT2D eigenvalue weighted by Crippen LogP contribution is -1.93. The minimum absolute atomic E-state index is 0.0596. The summed E-state index contributed by atoms with van der Waals surface area (Å²) in [5.41, 5.74) is 26.1. The lowest BCUT2D eigenvalue weighted by atomic mass is 10.0. The van der Waals surface area contributed by atoms with Gasteiger partial charge in [0.25, 0.3) is 0 Å². The number of halogens is 8. The summed E-state index contributed by atoms with van der Waals surface area (Å²) in [7, 11) is 1.66. The molecule has 22 heteroatoms. The highest BCUT2D eigenvalue weighted by molar-refractivity contribution is 9.10. The third kappa shape index (κ3) is 16.4. The summed E-state index contributed by atoms with van der Waals surface area (Å²) in [5.74, 6) is 3.92. The number of methoxy groups -OCH3 is 1. The number of rotatable bonds is 14. The van der Waals surface area contributed by atoms with Crippen LogP contribution in [0.1, 0.15) is 17.0 Å². The lowest BCUT2D eigenvalue weighted by molar-refractivity contribution is 0.282. The van der Waals surface area contributed by atoms with Crippen LogP contribution >= 0.6 is 101 Å². The summed E-state index contributed by atoms with van der Waals surface area (Å²) in [6, 6.07) is 90.9. The molecule has 580 valence electrons. The van der Waals surface area contributed by atoms with E-state index < -0.39 is 0 Å². The van der Waals surface area contributed by atoms with Crippen LogP contribution in [-0.2, 0) is 6.61 Å². The third-order valence-corrected chi connectivity index (χ3v) is 22.9. The van der Waals surface area contributed by atoms with Crippen molar-refractivity contribution >= 4 is 145 Å². The Bertz CT molecular complexity index is 6800. The first kappa shape index (κ1) is 78.6. The Labute approximate surface area is 725 Å². The van der Waals surface area contributed by atoms with Crippen LogP contribution in [0.25, 0.3) is 179 Å². The molecule has 0 unspecified atom stereocenters. The number of aliphatic hydroxyl groups excluding tert-OH is 1. The van der Waals surface area contributed by atoms with E-state index in [1.165, 1.54) is 0 Å². The summed E-state index contributed by atoms with van der Waals surface area (Å²) in [6.45, 7) is 4.08. The van der Waals surface area contributed by atoms with Crippen molar-refractivity contribution < 1.29 is 9.84 Å². The highest BCUT2D eigenvalue weighted by atomic mass is 79.9. The fourth-order valence-corrected chi connectivity index (χ4v) is 16.4. The van der Waals surface area contributed by atoms with Crippen molar-refractivity contribution in [2.24, 2.45) is 0 Å². The number of fused-ring (bicyclic) bond motifs is 4. The highest BCUT2D eigenvalue weighted by Crippen LogP contribution is 2.45. The van der Waals surface area contributed by atoms with Crippen molar-refractivity contribution in [2.75, 3.05) is 7.11 Å². The highest BCUT2D eigenvalue weighted by Gasteiger charge is 2.26. The van der Waals surface area contributed by atoms with Gasteiger partial charge in [0.1, 0.15) is 34.7 Å². The smallest absolute Gasteiger partial charge is 0.140 e. The van der Waals surface area contributed by atoms with Gasteiger partial charge in [-0.15, -0.1) is 0 Å². The number of aromatic nitrogens is 12. The minimum Gasteiger partial charge on any atom is -0.496 e. The number of para-hydroxylation sites is 3. The molecule has 8 heterocycles. The van der Waals surface area contributed by atoms with E-state index in [4.69, 9.17) is 94.3 Å². The molecule has 20 rings (SSSR count). The quantitative estimate of drug-likeness (QED) is 0.0517. The molecule has 12 aromatic carbocycles. The SMILES string of the molecule is COc1ccccc1-c1nc(-c2c[nH]c3ccc(Br)cc23)[nH]c1-c1ccccc1CO.Cc1[nH]c2ccccc2c1-c1nc(-c2ccc(Cl)cc2)c(-c2ccc(Cl)cc2)[nH]1.Cc1[nH]c2ccccc2c1-c1nc(-c2cccc(Cl)c2)c(-c2cccc(Cl)c2)[nH]1.Clc1ccc(-c2nc(-c3c[nH]c4ccc(Br)cc34)[nH]c2-c2ccc(Cl)cc2)cc1. The summed E-state index contributed by atoms with van der Waals surface area (Å²) < 4.78 is 7.64. The van der Waals surface area contributed by atoms with Gasteiger partial charge in [-0.05, 0) is 153 Å². The molecule has 0 aliphatic heterocycles. The zero-order valence-corrected chi connectivity index (χ0v) is 70.8. The second-order valence-corrected chi connectivity index (χ2v) is 32.4. The molecular formula is C96H68Br2Cl6N12O2. The topological polar surface area (TPSA) is 207 Å². The molecule has 0 saturated carbocycles. The van der Waals surface area contributed by atoms with E-state index in [0.29, 0.717) is 30.1 Å². The van der Waals surface area contributed by atoms with Crippen molar-refractivity contribution in [1.29, 1.82) is 0 Å². The van der Waals surface area contributed by atoms with Crippen molar-refractivity contribution in [3.8, 4) is 141 Å². The number of hydrogen-bond acceptors (Lipinski definition) is 6. The summed E-state index contributed by atoms with van der Waals surface area (Å²) in [4.78, 5) is 47.7. The maximum Gasteiger partial charge on any atom is 0.140 e. The first-order valence-electron chi connectivity index (χ1n) is 37.5. The number of aromatic amines is 8. The van der Waals surface area contributed by atoms with E-state index in [-0.39, 0.29) is 6.61 Å². The summed E-state index contributed by atoms with van der Waals surface area (Å²) >= 11 is 44.0. The van der Waals surface area contributed by atoms with Crippen molar-refractivity contribution in [3.63, 3.8) is 0 Å². The number of hydrogen-bond donors (Lipinski definition) is 9. The molecule has 0 spiro atoms. The largest absolute Gasteiger partial charge is 0.496 e. The normalized spacial score (nSPS) is 11.3. The van der Waals surface area contributed by atoms with Crippen molar-refractivity contribution in [2.45, 2.75) is 20.5 Å². The second-order valence-electron chi connectivity index (χ2n) is 27.9.